The third kappa shape index (κ3) is 6.01. The molecule has 0 aliphatic carbocycles. The average molecular weight is 517 g/mol. The lowest BCUT2D eigenvalue weighted by Crippen LogP contribution is -2.13. The van der Waals surface area contributed by atoms with Gasteiger partial charge in [0.15, 0.2) is 5.75 Å². The maximum atomic E-state index is 14.6. The van der Waals surface area contributed by atoms with Crippen LogP contribution in [0.2, 0.25) is 15.2 Å². The molecule has 1 aromatic carbocycles. The first-order valence-corrected chi connectivity index (χ1v) is 10.1. The van der Waals surface area contributed by atoms with Crippen molar-refractivity contribution in [1.29, 1.82) is 0 Å². The lowest BCUT2D eigenvalue weighted by Gasteiger charge is -2.10. The highest BCUT2D eigenvalue weighted by atomic mass is 35.5. The van der Waals surface area contributed by atoms with E-state index in [1.807, 2.05) is 0 Å². The number of alkyl halides is 3. The summed E-state index contributed by atoms with van der Waals surface area (Å²) in [4.78, 5) is 21.2. The van der Waals surface area contributed by atoms with E-state index in [0.29, 0.717) is 4.57 Å². The van der Waals surface area contributed by atoms with E-state index in [-0.39, 0.29) is 36.8 Å². The number of nitrogens with zero attached hydrogens (tertiary/aromatic N) is 1. The van der Waals surface area contributed by atoms with Gasteiger partial charge in [-0.1, -0.05) is 40.7 Å². The summed E-state index contributed by atoms with van der Waals surface area (Å²) in [6.07, 6.45) is -4.78. The van der Waals surface area contributed by atoms with Gasteiger partial charge in [-0.2, -0.15) is 13.2 Å². The first kappa shape index (κ1) is 26.1. The van der Waals surface area contributed by atoms with Crippen molar-refractivity contribution in [3.8, 4) is 28.7 Å². The Bertz CT molecular complexity index is 1060. The number of rotatable bonds is 7. The van der Waals surface area contributed by atoms with Crippen LogP contribution in [0.3, 0.4) is 0 Å². The van der Waals surface area contributed by atoms with Gasteiger partial charge in [-0.15, -0.1) is 5.92 Å². The van der Waals surface area contributed by atoms with Gasteiger partial charge in [0.05, 0.1) is 16.5 Å². The molecule has 0 atom stereocenters. The molecule has 1 aromatic heterocycles. The summed E-state index contributed by atoms with van der Waals surface area (Å²) in [5.74, 6) is 3.19. The summed E-state index contributed by atoms with van der Waals surface area (Å²) in [5, 5.41) is -1.51. The molecule has 2 rings (SSSR count). The van der Waals surface area contributed by atoms with Crippen LogP contribution in [0.4, 0.5) is 17.6 Å². The Kier molecular flexibility index (Phi) is 9.10. The minimum absolute atomic E-state index is 0.117. The summed E-state index contributed by atoms with van der Waals surface area (Å²) in [6, 6.07) is 1.72. The Morgan fingerprint density at radius 2 is 1.88 bits per heavy atom. The zero-order valence-corrected chi connectivity index (χ0v) is 19.0. The zero-order chi connectivity index (χ0) is 24.1. The smallest absolute Gasteiger partial charge is 0.372 e. The maximum absolute atomic E-state index is 14.6. The van der Waals surface area contributed by atoms with Crippen molar-refractivity contribution in [2.75, 3.05) is 13.7 Å². The Morgan fingerprint density at radius 1 is 1.19 bits per heavy atom. The maximum Gasteiger partial charge on any atom is 0.432 e. The first-order chi connectivity index (χ1) is 15.0. The number of hydrogen-bond donors (Lipinski definition) is 0. The van der Waals surface area contributed by atoms with Crippen LogP contribution in [-0.4, -0.2) is 24.3 Å². The van der Waals surface area contributed by atoms with Crippen molar-refractivity contribution < 1.29 is 36.9 Å². The van der Waals surface area contributed by atoms with E-state index in [1.54, 1.807) is 0 Å². The Morgan fingerprint density at radius 3 is 2.44 bits per heavy atom. The van der Waals surface area contributed by atoms with Crippen molar-refractivity contribution in [2.45, 2.75) is 32.5 Å². The largest absolute Gasteiger partial charge is 0.432 e. The SMILES string of the molecule is CCn1c(Cl)c(-c2cc(OOC(=O)CCC#CCOC)c(Cl)cc2F)c(Cl)c1C(F)(F)F. The van der Waals surface area contributed by atoms with Gasteiger partial charge < -0.3 is 9.30 Å². The van der Waals surface area contributed by atoms with Crippen LogP contribution in [0.5, 0.6) is 5.75 Å². The number of carbonyl (C=O) groups is 1. The van der Waals surface area contributed by atoms with E-state index in [4.69, 9.17) is 44.4 Å². The molecule has 0 aliphatic rings. The quantitative estimate of drug-likeness (QED) is 0.181. The van der Waals surface area contributed by atoms with E-state index in [0.717, 1.165) is 12.1 Å². The molecule has 0 saturated heterocycles. The van der Waals surface area contributed by atoms with Gasteiger partial charge in [0.2, 0.25) is 0 Å². The number of benzene rings is 1. The van der Waals surface area contributed by atoms with Crippen molar-refractivity contribution in [2.24, 2.45) is 0 Å². The summed E-state index contributed by atoms with van der Waals surface area (Å²) < 4.78 is 60.4. The predicted octanol–water partition coefficient (Wildman–Crippen LogP) is 6.56. The second-order valence-corrected chi connectivity index (χ2v) is 7.30. The summed E-state index contributed by atoms with van der Waals surface area (Å²) >= 11 is 17.9. The molecule has 0 saturated carbocycles. The second-order valence-electron chi connectivity index (χ2n) is 6.16. The molecule has 2 aromatic rings. The minimum Gasteiger partial charge on any atom is -0.372 e. The molecule has 32 heavy (non-hydrogen) atoms. The predicted molar refractivity (Wildman–Crippen MR) is 111 cm³/mol. The Labute approximate surface area is 196 Å². The van der Waals surface area contributed by atoms with Crippen LogP contribution in [0.15, 0.2) is 12.1 Å². The van der Waals surface area contributed by atoms with E-state index >= 15 is 0 Å². The zero-order valence-electron chi connectivity index (χ0n) is 16.7. The van der Waals surface area contributed by atoms with Gasteiger partial charge in [0.25, 0.3) is 0 Å². The van der Waals surface area contributed by atoms with Gasteiger partial charge in [-0.25, -0.2) is 9.18 Å². The summed E-state index contributed by atoms with van der Waals surface area (Å²) in [6.45, 7) is 1.46. The molecule has 1 heterocycles. The van der Waals surface area contributed by atoms with Crippen molar-refractivity contribution in [3.05, 3.63) is 38.8 Å². The monoisotopic (exact) mass is 515 g/mol. The van der Waals surface area contributed by atoms with Crippen LogP contribution in [0.1, 0.15) is 25.5 Å². The van der Waals surface area contributed by atoms with E-state index in [2.05, 4.69) is 16.7 Å². The average Bonchev–Trinajstić information content (AvgIpc) is 2.97. The second kappa shape index (κ2) is 11.1. The molecule has 0 spiro atoms. The van der Waals surface area contributed by atoms with Gasteiger partial charge in [0.1, 0.15) is 23.3 Å². The van der Waals surface area contributed by atoms with Crippen molar-refractivity contribution >= 4 is 40.8 Å². The van der Waals surface area contributed by atoms with E-state index < -0.39 is 45.0 Å². The normalized spacial score (nSPS) is 11.2. The lowest BCUT2D eigenvalue weighted by atomic mass is 10.1. The fourth-order valence-electron chi connectivity index (χ4n) is 2.66. The minimum atomic E-state index is -4.83. The van der Waals surface area contributed by atoms with Gasteiger partial charge >= 0.3 is 12.1 Å². The molecule has 174 valence electrons. The van der Waals surface area contributed by atoms with Gasteiger partial charge in [-0.05, 0) is 19.1 Å². The highest BCUT2D eigenvalue weighted by molar-refractivity contribution is 6.40. The fraction of sp³-hybridized carbons (Fsp3) is 0.350. The van der Waals surface area contributed by atoms with Crippen LogP contribution in [0, 0.1) is 17.7 Å². The number of methoxy groups -OCH3 is 1. The van der Waals surface area contributed by atoms with Crippen LogP contribution < -0.4 is 4.89 Å². The molecule has 0 radical (unpaired) electrons. The van der Waals surface area contributed by atoms with Crippen LogP contribution in [0.25, 0.3) is 11.1 Å². The molecule has 0 N–H and O–H groups in total. The highest BCUT2D eigenvalue weighted by Gasteiger charge is 2.40. The number of ether oxygens (including phenoxy) is 1. The number of halogens is 7. The highest BCUT2D eigenvalue weighted by Crippen LogP contribution is 2.47. The molecular weight excluding hydrogens is 501 g/mol. The summed E-state index contributed by atoms with van der Waals surface area (Å²) in [7, 11) is 1.47. The molecule has 0 bridgehead atoms. The number of aromatic nitrogens is 1. The van der Waals surface area contributed by atoms with Gasteiger partial charge in [-0.3, -0.25) is 9.78 Å². The molecular formula is C20H16Cl3F4NO4. The molecule has 0 aliphatic heterocycles. The van der Waals surface area contributed by atoms with E-state index in [1.165, 1.54) is 14.0 Å². The topological polar surface area (TPSA) is 49.7 Å². The molecule has 0 unspecified atom stereocenters. The Balaban J connectivity index is 2.34. The third-order valence-electron chi connectivity index (χ3n) is 4.04. The molecule has 5 nitrogen and oxygen atoms in total. The fourth-order valence-corrected chi connectivity index (χ4v) is 3.69. The van der Waals surface area contributed by atoms with Crippen LogP contribution in [-0.2, 0) is 27.1 Å². The number of hydrogen-bond acceptors (Lipinski definition) is 4. The summed E-state index contributed by atoms with van der Waals surface area (Å²) in [5.41, 5.74) is -2.04. The molecule has 0 fully saturated rings. The van der Waals surface area contributed by atoms with E-state index in [9.17, 15) is 22.4 Å². The first-order valence-electron chi connectivity index (χ1n) is 8.98. The standard InChI is InChI=1S/C20H16Cl3F4NO4/c1-3-28-18(20(25,26)27)17(22)16(19(28)23)11-9-14(12(21)10-13(11)24)31-32-15(29)7-5-4-6-8-30-2/h9-10H,3,5,7-8H2,1-2H3. The van der Waals surface area contributed by atoms with Crippen molar-refractivity contribution in [1.82, 2.24) is 4.57 Å². The number of carbonyl (C=O) groups excluding carboxylic acids is 1. The third-order valence-corrected chi connectivity index (χ3v) is 5.09. The van der Waals surface area contributed by atoms with Crippen LogP contribution >= 0.6 is 34.8 Å². The van der Waals surface area contributed by atoms with Gasteiger partial charge in [0, 0.05) is 31.2 Å². The lowest BCUT2D eigenvalue weighted by molar-refractivity contribution is -0.213. The van der Waals surface area contributed by atoms with Crippen molar-refractivity contribution in [3.63, 3.8) is 0 Å². The molecule has 0 amide bonds. The Hall–Kier alpha value is -2.12. The molecule has 12 heteroatoms.